The SMILES string of the molecule is Cc1c(Cl)cccc1NC(=O)CC(NS(C)(=O)=O)c1ccc(Cl)cc1. The summed E-state index contributed by atoms with van der Waals surface area (Å²) >= 11 is 11.9. The minimum Gasteiger partial charge on any atom is -0.326 e. The van der Waals surface area contributed by atoms with Gasteiger partial charge in [0.2, 0.25) is 15.9 Å². The van der Waals surface area contributed by atoms with E-state index in [1.165, 1.54) is 0 Å². The molecule has 0 saturated heterocycles. The third-order valence-corrected chi connectivity index (χ3v) is 4.93. The lowest BCUT2D eigenvalue weighted by atomic mass is 10.0. The van der Waals surface area contributed by atoms with Gasteiger partial charge in [-0.15, -0.1) is 0 Å². The maximum atomic E-state index is 12.4. The first kappa shape index (κ1) is 19.7. The van der Waals surface area contributed by atoms with Crippen molar-refractivity contribution in [1.29, 1.82) is 0 Å². The number of carbonyl (C=O) groups excluding carboxylic acids is 1. The van der Waals surface area contributed by atoms with Crippen LogP contribution < -0.4 is 10.0 Å². The number of benzene rings is 2. The van der Waals surface area contributed by atoms with Crippen molar-refractivity contribution in [2.45, 2.75) is 19.4 Å². The van der Waals surface area contributed by atoms with Crippen molar-refractivity contribution < 1.29 is 13.2 Å². The van der Waals surface area contributed by atoms with E-state index in [1.807, 2.05) is 0 Å². The fourth-order valence-electron chi connectivity index (χ4n) is 2.31. The number of carbonyl (C=O) groups is 1. The first-order valence-corrected chi connectivity index (χ1v) is 10.1. The molecular weight excluding hydrogens is 383 g/mol. The molecule has 0 aliphatic heterocycles. The zero-order valence-corrected chi connectivity index (χ0v) is 16.0. The molecule has 0 bridgehead atoms. The molecule has 8 heteroatoms. The Kier molecular flexibility index (Phi) is 6.46. The van der Waals surface area contributed by atoms with Gasteiger partial charge in [0, 0.05) is 22.2 Å². The lowest BCUT2D eigenvalue weighted by molar-refractivity contribution is -0.116. The minimum absolute atomic E-state index is 0.0688. The normalized spacial score (nSPS) is 12.6. The van der Waals surface area contributed by atoms with Gasteiger partial charge in [0.15, 0.2) is 0 Å². The van der Waals surface area contributed by atoms with Crippen molar-refractivity contribution in [3.63, 3.8) is 0 Å². The summed E-state index contributed by atoms with van der Waals surface area (Å²) in [5.74, 6) is -0.332. The molecule has 5 nitrogen and oxygen atoms in total. The lowest BCUT2D eigenvalue weighted by Gasteiger charge is -2.18. The van der Waals surface area contributed by atoms with Crippen LogP contribution in [0.2, 0.25) is 10.0 Å². The summed E-state index contributed by atoms with van der Waals surface area (Å²) in [4.78, 5) is 12.4. The van der Waals surface area contributed by atoms with E-state index >= 15 is 0 Å². The first-order valence-electron chi connectivity index (χ1n) is 7.43. The topological polar surface area (TPSA) is 75.3 Å². The third-order valence-electron chi connectivity index (χ3n) is 3.56. The van der Waals surface area contributed by atoms with Gasteiger partial charge >= 0.3 is 0 Å². The second-order valence-electron chi connectivity index (χ2n) is 5.66. The minimum atomic E-state index is -3.50. The van der Waals surface area contributed by atoms with Crippen LogP contribution in [0, 0.1) is 6.92 Å². The van der Waals surface area contributed by atoms with Crippen LogP contribution in [0.4, 0.5) is 5.69 Å². The second-order valence-corrected chi connectivity index (χ2v) is 8.28. The smallest absolute Gasteiger partial charge is 0.226 e. The molecule has 2 aromatic rings. The Hall–Kier alpha value is -1.60. The van der Waals surface area contributed by atoms with Gasteiger partial charge < -0.3 is 5.32 Å². The Morgan fingerprint density at radius 3 is 2.36 bits per heavy atom. The molecule has 1 unspecified atom stereocenters. The van der Waals surface area contributed by atoms with Crippen molar-refractivity contribution in [2.24, 2.45) is 0 Å². The molecule has 0 radical (unpaired) electrons. The van der Waals surface area contributed by atoms with E-state index in [9.17, 15) is 13.2 Å². The fraction of sp³-hybridized carbons (Fsp3) is 0.235. The van der Waals surface area contributed by atoms with Gasteiger partial charge in [0.25, 0.3) is 0 Å². The predicted molar refractivity (Wildman–Crippen MR) is 102 cm³/mol. The van der Waals surface area contributed by atoms with E-state index in [1.54, 1.807) is 49.4 Å². The number of nitrogens with one attached hydrogen (secondary N) is 2. The summed E-state index contributed by atoms with van der Waals surface area (Å²) in [5, 5.41) is 3.84. The highest BCUT2D eigenvalue weighted by Gasteiger charge is 2.20. The van der Waals surface area contributed by atoms with Gasteiger partial charge in [-0.3, -0.25) is 4.79 Å². The zero-order valence-electron chi connectivity index (χ0n) is 13.7. The lowest BCUT2D eigenvalue weighted by Crippen LogP contribution is -2.30. The number of amides is 1. The molecule has 0 saturated carbocycles. The summed E-state index contributed by atoms with van der Waals surface area (Å²) in [5.41, 5.74) is 1.98. The summed E-state index contributed by atoms with van der Waals surface area (Å²) in [6, 6.07) is 11.2. The maximum absolute atomic E-state index is 12.4. The van der Waals surface area contributed by atoms with Crippen LogP contribution >= 0.6 is 23.2 Å². The third kappa shape index (κ3) is 6.01. The average molecular weight is 401 g/mol. The molecule has 0 aliphatic rings. The number of hydrogen-bond donors (Lipinski definition) is 2. The molecular formula is C17H18Cl2N2O3S. The van der Waals surface area contributed by atoms with Crippen molar-refractivity contribution in [1.82, 2.24) is 4.72 Å². The molecule has 134 valence electrons. The molecule has 1 atom stereocenters. The van der Waals surface area contributed by atoms with Crippen LogP contribution in [-0.2, 0) is 14.8 Å². The summed E-state index contributed by atoms with van der Waals surface area (Å²) < 4.78 is 25.7. The Balaban J connectivity index is 2.19. The van der Waals surface area contributed by atoms with Crippen LogP contribution in [0.1, 0.15) is 23.6 Å². The molecule has 2 N–H and O–H groups in total. The van der Waals surface area contributed by atoms with E-state index in [-0.39, 0.29) is 12.3 Å². The quantitative estimate of drug-likeness (QED) is 0.771. The van der Waals surface area contributed by atoms with Crippen molar-refractivity contribution in [3.05, 3.63) is 63.6 Å². The Bertz CT molecular complexity index is 868. The monoisotopic (exact) mass is 400 g/mol. The molecule has 0 aromatic heterocycles. The van der Waals surface area contributed by atoms with E-state index in [0.29, 0.717) is 21.3 Å². The number of sulfonamides is 1. The van der Waals surface area contributed by atoms with Crippen LogP contribution in [0.15, 0.2) is 42.5 Å². The number of anilines is 1. The Morgan fingerprint density at radius 2 is 1.76 bits per heavy atom. The van der Waals surface area contributed by atoms with E-state index in [4.69, 9.17) is 23.2 Å². The maximum Gasteiger partial charge on any atom is 0.226 e. The second kappa shape index (κ2) is 8.19. The molecule has 0 spiro atoms. The number of rotatable bonds is 6. The van der Waals surface area contributed by atoms with E-state index in [0.717, 1.165) is 11.8 Å². The van der Waals surface area contributed by atoms with Crippen molar-refractivity contribution >= 4 is 44.8 Å². The highest BCUT2D eigenvalue weighted by molar-refractivity contribution is 7.88. The average Bonchev–Trinajstić information content (AvgIpc) is 2.50. The highest BCUT2D eigenvalue weighted by Crippen LogP contribution is 2.25. The van der Waals surface area contributed by atoms with E-state index < -0.39 is 16.1 Å². The van der Waals surface area contributed by atoms with Gasteiger partial charge in [-0.25, -0.2) is 13.1 Å². The Labute approximate surface area is 157 Å². The zero-order chi connectivity index (χ0) is 18.6. The molecule has 1 amide bonds. The van der Waals surface area contributed by atoms with Crippen LogP contribution in [-0.4, -0.2) is 20.6 Å². The molecule has 0 aliphatic carbocycles. The fourth-order valence-corrected chi connectivity index (χ4v) is 3.35. The molecule has 0 fully saturated rings. The van der Waals surface area contributed by atoms with Crippen LogP contribution in [0.25, 0.3) is 0 Å². The van der Waals surface area contributed by atoms with Gasteiger partial charge in [-0.1, -0.05) is 41.4 Å². The van der Waals surface area contributed by atoms with Gasteiger partial charge in [0.05, 0.1) is 12.3 Å². The summed E-state index contributed by atoms with van der Waals surface area (Å²) in [7, 11) is -3.50. The van der Waals surface area contributed by atoms with Crippen molar-refractivity contribution in [3.8, 4) is 0 Å². The van der Waals surface area contributed by atoms with Gasteiger partial charge in [-0.2, -0.15) is 0 Å². The predicted octanol–water partition coefficient (Wildman–Crippen LogP) is 3.92. The first-order chi connectivity index (χ1) is 11.7. The number of hydrogen-bond acceptors (Lipinski definition) is 3. The van der Waals surface area contributed by atoms with E-state index in [2.05, 4.69) is 10.0 Å². The highest BCUT2D eigenvalue weighted by atomic mass is 35.5. The van der Waals surface area contributed by atoms with Crippen LogP contribution in [0.5, 0.6) is 0 Å². The molecule has 0 heterocycles. The molecule has 2 rings (SSSR count). The van der Waals surface area contributed by atoms with Crippen LogP contribution in [0.3, 0.4) is 0 Å². The van der Waals surface area contributed by atoms with Gasteiger partial charge in [-0.05, 0) is 42.3 Å². The number of halogens is 2. The standard InChI is InChI=1S/C17H18Cl2N2O3S/c1-11-14(19)4-3-5-15(11)20-17(22)10-16(21-25(2,23)24)12-6-8-13(18)9-7-12/h3-9,16,21H,10H2,1-2H3,(H,20,22). The summed E-state index contributed by atoms with van der Waals surface area (Å²) in [6.45, 7) is 1.80. The van der Waals surface area contributed by atoms with Gasteiger partial charge in [0.1, 0.15) is 0 Å². The molecule has 25 heavy (non-hydrogen) atoms. The molecule has 2 aromatic carbocycles. The largest absolute Gasteiger partial charge is 0.326 e. The van der Waals surface area contributed by atoms with Crippen molar-refractivity contribution in [2.75, 3.05) is 11.6 Å². The summed E-state index contributed by atoms with van der Waals surface area (Å²) in [6.07, 6.45) is 0.982. The Morgan fingerprint density at radius 1 is 1.12 bits per heavy atom.